The van der Waals surface area contributed by atoms with E-state index in [-0.39, 0.29) is 18.0 Å². The average Bonchev–Trinajstić information content (AvgIpc) is 2.60. The van der Waals surface area contributed by atoms with Crippen LogP contribution in [0.2, 0.25) is 0 Å². The summed E-state index contributed by atoms with van der Waals surface area (Å²) in [4.78, 5) is 28.5. The number of aryl methyl sites for hydroxylation is 1. The topological polar surface area (TPSA) is 76.9 Å². The Balaban J connectivity index is 1.67. The van der Waals surface area contributed by atoms with Crippen LogP contribution in [0.3, 0.4) is 0 Å². The zero-order valence-corrected chi connectivity index (χ0v) is 13.4. The van der Waals surface area contributed by atoms with Crippen molar-refractivity contribution >= 4 is 16.7 Å². The monoisotopic (exact) mass is 322 g/mol. The van der Waals surface area contributed by atoms with Gasteiger partial charge in [0.1, 0.15) is 6.54 Å². The Kier molecular flexibility index (Phi) is 4.65. The van der Waals surface area contributed by atoms with Gasteiger partial charge < -0.3 is 5.32 Å². The van der Waals surface area contributed by atoms with Gasteiger partial charge in [-0.25, -0.2) is 4.68 Å². The van der Waals surface area contributed by atoms with Crippen molar-refractivity contribution in [2.75, 3.05) is 6.54 Å². The van der Waals surface area contributed by atoms with E-state index in [1.165, 1.54) is 4.68 Å². The first-order valence-corrected chi connectivity index (χ1v) is 7.77. The molecule has 0 aliphatic carbocycles. The largest absolute Gasteiger partial charge is 0.354 e. The smallest absolute Gasteiger partial charge is 0.275 e. The van der Waals surface area contributed by atoms with Gasteiger partial charge in [-0.05, 0) is 31.0 Å². The molecule has 0 aliphatic heterocycles. The molecule has 2 aromatic heterocycles. The molecule has 6 heteroatoms. The molecule has 3 rings (SSSR count). The lowest BCUT2D eigenvalue weighted by molar-refractivity contribution is -0.121. The molecule has 0 radical (unpaired) electrons. The number of hydrogen-bond donors (Lipinski definition) is 1. The molecule has 6 nitrogen and oxygen atoms in total. The second-order valence-corrected chi connectivity index (χ2v) is 5.56. The summed E-state index contributed by atoms with van der Waals surface area (Å²) in [5.41, 5.74) is 1.53. The summed E-state index contributed by atoms with van der Waals surface area (Å²) in [6, 6.07) is 11.1. The molecule has 1 amide bonds. The molecule has 24 heavy (non-hydrogen) atoms. The van der Waals surface area contributed by atoms with Crippen LogP contribution in [-0.4, -0.2) is 27.2 Å². The second-order valence-electron chi connectivity index (χ2n) is 5.56. The first kappa shape index (κ1) is 15.9. The summed E-state index contributed by atoms with van der Waals surface area (Å²) in [6.45, 7) is 2.24. The SMILES string of the molecule is Cc1nn(CC(=O)NCCc2cccnc2)c(=O)c2ccccc12. The quantitative estimate of drug-likeness (QED) is 0.771. The maximum atomic E-state index is 12.4. The van der Waals surface area contributed by atoms with Crippen LogP contribution in [0.5, 0.6) is 0 Å². The zero-order valence-electron chi connectivity index (χ0n) is 13.4. The van der Waals surface area contributed by atoms with E-state index in [1.54, 1.807) is 18.5 Å². The van der Waals surface area contributed by atoms with Crippen molar-refractivity contribution in [1.29, 1.82) is 0 Å². The highest BCUT2D eigenvalue weighted by molar-refractivity contribution is 5.83. The van der Waals surface area contributed by atoms with Gasteiger partial charge in [-0.2, -0.15) is 5.10 Å². The van der Waals surface area contributed by atoms with E-state index in [4.69, 9.17) is 0 Å². The van der Waals surface area contributed by atoms with E-state index in [0.29, 0.717) is 18.4 Å². The highest BCUT2D eigenvalue weighted by Crippen LogP contribution is 2.11. The molecule has 0 spiro atoms. The van der Waals surface area contributed by atoms with Gasteiger partial charge in [0.05, 0.1) is 11.1 Å². The average molecular weight is 322 g/mol. The van der Waals surface area contributed by atoms with Crippen LogP contribution in [0, 0.1) is 6.92 Å². The Hall–Kier alpha value is -3.02. The Bertz CT molecular complexity index is 919. The molecule has 2 heterocycles. The van der Waals surface area contributed by atoms with Crippen molar-refractivity contribution in [3.05, 3.63) is 70.4 Å². The molecule has 0 bridgehead atoms. The number of benzene rings is 1. The molecule has 0 saturated carbocycles. The maximum Gasteiger partial charge on any atom is 0.275 e. The van der Waals surface area contributed by atoms with Crippen LogP contribution >= 0.6 is 0 Å². The summed E-state index contributed by atoms with van der Waals surface area (Å²) in [5.74, 6) is -0.233. The number of rotatable bonds is 5. The van der Waals surface area contributed by atoms with Crippen molar-refractivity contribution in [3.63, 3.8) is 0 Å². The van der Waals surface area contributed by atoms with Crippen molar-refractivity contribution < 1.29 is 4.79 Å². The van der Waals surface area contributed by atoms with Crippen LogP contribution in [0.25, 0.3) is 10.8 Å². The van der Waals surface area contributed by atoms with Gasteiger partial charge in [-0.1, -0.05) is 24.3 Å². The molecule has 1 aromatic carbocycles. The lowest BCUT2D eigenvalue weighted by atomic mass is 10.1. The van der Waals surface area contributed by atoms with E-state index in [1.807, 2.05) is 37.3 Å². The van der Waals surface area contributed by atoms with Crippen molar-refractivity contribution in [2.45, 2.75) is 19.9 Å². The van der Waals surface area contributed by atoms with Crippen molar-refractivity contribution in [2.24, 2.45) is 0 Å². The standard InChI is InChI=1S/C18H18N4O2/c1-13-15-6-2-3-7-16(15)18(24)22(21-13)12-17(23)20-10-8-14-5-4-9-19-11-14/h2-7,9,11H,8,10,12H2,1H3,(H,20,23). The number of carbonyl (C=O) groups excluding carboxylic acids is 1. The lowest BCUT2D eigenvalue weighted by Gasteiger charge is -2.09. The lowest BCUT2D eigenvalue weighted by Crippen LogP contribution is -2.35. The molecule has 0 atom stereocenters. The zero-order chi connectivity index (χ0) is 16.9. The number of nitrogens with one attached hydrogen (secondary N) is 1. The minimum Gasteiger partial charge on any atom is -0.354 e. The van der Waals surface area contributed by atoms with E-state index in [0.717, 1.165) is 16.6 Å². The number of carbonyl (C=O) groups is 1. The van der Waals surface area contributed by atoms with Gasteiger partial charge in [0.25, 0.3) is 5.56 Å². The van der Waals surface area contributed by atoms with Crippen molar-refractivity contribution in [1.82, 2.24) is 20.1 Å². The first-order chi connectivity index (χ1) is 11.6. The number of pyridine rings is 1. The minimum atomic E-state index is -0.251. The fourth-order valence-electron chi connectivity index (χ4n) is 2.60. The Morgan fingerprint density at radius 2 is 1.96 bits per heavy atom. The number of amides is 1. The number of hydrogen-bond acceptors (Lipinski definition) is 4. The van der Waals surface area contributed by atoms with E-state index in [2.05, 4.69) is 15.4 Å². The van der Waals surface area contributed by atoms with E-state index < -0.39 is 0 Å². The molecule has 0 saturated heterocycles. The van der Waals surface area contributed by atoms with Crippen LogP contribution in [0.1, 0.15) is 11.3 Å². The fourth-order valence-corrected chi connectivity index (χ4v) is 2.60. The molecular formula is C18H18N4O2. The Labute approximate surface area is 139 Å². The molecule has 0 aliphatic rings. The second kappa shape index (κ2) is 7.04. The normalized spacial score (nSPS) is 10.7. The number of aromatic nitrogens is 3. The fraction of sp³-hybridized carbons (Fsp3) is 0.222. The summed E-state index contributed by atoms with van der Waals surface area (Å²) in [7, 11) is 0. The minimum absolute atomic E-state index is 0.0858. The molecule has 0 fully saturated rings. The molecule has 3 aromatic rings. The maximum absolute atomic E-state index is 12.4. The van der Waals surface area contributed by atoms with Gasteiger partial charge in [-0.3, -0.25) is 14.6 Å². The van der Waals surface area contributed by atoms with Crippen molar-refractivity contribution in [3.8, 4) is 0 Å². The first-order valence-electron chi connectivity index (χ1n) is 7.77. The predicted molar refractivity (Wildman–Crippen MR) is 91.7 cm³/mol. The number of fused-ring (bicyclic) bond motifs is 1. The van der Waals surface area contributed by atoms with E-state index >= 15 is 0 Å². The highest BCUT2D eigenvalue weighted by atomic mass is 16.2. The Morgan fingerprint density at radius 1 is 1.17 bits per heavy atom. The highest BCUT2D eigenvalue weighted by Gasteiger charge is 2.10. The van der Waals surface area contributed by atoms with Gasteiger partial charge >= 0.3 is 0 Å². The number of nitrogens with zero attached hydrogens (tertiary/aromatic N) is 3. The summed E-state index contributed by atoms with van der Waals surface area (Å²) < 4.78 is 1.22. The van der Waals surface area contributed by atoms with Crippen LogP contribution in [0.15, 0.2) is 53.6 Å². The Morgan fingerprint density at radius 3 is 2.71 bits per heavy atom. The van der Waals surface area contributed by atoms with Crippen LogP contribution < -0.4 is 10.9 Å². The third-order valence-corrected chi connectivity index (χ3v) is 3.80. The summed E-state index contributed by atoms with van der Waals surface area (Å²) >= 11 is 0. The van der Waals surface area contributed by atoms with Gasteiger partial charge in [0.2, 0.25) is 5.91 Å². The molecule has 0 unspecified atom stereocenters. The third kappa shape index (κ3) is 3.48. The molecule has 1 N–H and O–H groups in total. The van der Waals surface area contributed by atoms with Gasteiger partial charge in [0, 0.05) is 24.3 Å². The summed E-state index contributed by atoms with van der Waals surface area (Å²) in [6.07, 6.45) is 4.17. The van der Waals surface area contributed by atoms with E-state index in [9.17, 15) is 9.59 Å². The van der Waals surface area contributed by atoms with Crippen LogP contribution in [0.4, 0.5) is 0 Å². The third-order valence-electron chi connectivity index (χ3n) is 3.80. The molecule has 122 valence electrons. The van der Waals surface area contributed by atoms with Gasteiger partial charge in [0.15, 0.2) is 0 Å². The predicted octanol–water partition coefficient (Wildman–Crippen LogP) is 1.46. The summed E-state index contributed by atoms with van der Waals surface area (Å²) in [5, 5.41) is 8.44. The molecular weight excluding hydrogens is 304 g/mol. The van der Waals surface area contributed by atoms with Gasteiger partial charge in [-0.15, -0.1) is 0 Å². The van der Waals surface area contributed by atoms with Crippen LogP contribution in [-0.2, 0) is 17.8 Å².